The number of benzene rings is 1. The van der Waals surface area contributed by atoms with Crippen LogP contribution in [0.5, 0.6) is 0 Å². The summed E-state index contributed by atoms with van der Waals surface area (Å²) in [7, 11) is 0. The van der Waals surface area contributed by atoms with Crippen LogP contribution in [0.3, 0.4) is 0 Å². The Morgan fingerprint density at radius 1 is 1.11 bits per heavy atom. The number of hydrogen-bond acceptors (Lipinski definition) is 5. The molecular weight excluding hydrogens is 364 g/mol. The molecule has 0 spiro atoms. The monoisotopic (exact) mass is 388 g/mol. The summed E-state index contributed by atoms with van der Waals surface area (Å²) in [5.74, 6) is -1.53. The fourth-order valence-electron chi connectivity index (χ4n) is 2.43. The molecule has 1 heterocycles. The Balaban J connectivity index is 1.84. The summed E-state index contributed by atoms with van der Waals surface area (Å²) in [6.07, 6.45) is 1.44. The summed E-state index contributed by atoms with van der Waals surface area (Å²) in [5.41, 5.74) is 1.37. The molecule has 1 atom stereocenters. The normalized spacial score (nSPS) is 11.7. The molecule has 2 rings (SSSR count). The fourth-order valence-corrected chi connectivity index (χ4v) is 2.43. The zero-order valence-corrected chi connectivity index (χ0v) is 15.8. The second-order valence-corrected chi connectivity index (χ2v) is 6.55. The Morgan fingerprint density at radius 3 is 2.46 bits per heavy atom. The smallest absolute Gasteiger partial charge is 0.325 e. The number of carboxylic acids is 1. The number of nitrogens with zero attached hydrogens (tertiary/aromatic N) is 3. The van der Waals surface area contributed by atoms with Gasteiger partial charge in [-0.05, 0) is 11.5 Å². The third-order valence-corrected chi connectivity index (χ3v) is 3.86. The van der Waals surface area contributed by atoms with Crippen molar-refractivity contribution in [2.75, 3.05) is 0 Å². The molecule has 1 aromatic carbocycles. The molecular formula is C18H24N6O4. The zero-order chi connectivity index (χ0) is 20.5. The van der Waals surface area contributed by atoms with Gasteiger partial charge in [-0.3, -0.25) is 9.59 Å². The van der Waals surface area contributed by atoms with Gasteiger partial charge in [0, 0.05) is 6.54 Å². The number of hydrogen-bond donors (Lipinski definition) is 4. The SMILES string of the molecule is CC(C)C(NC(=O)NCc1ccccc1)C(=O)NCc1cn(CC(=O)O)nn1. The van der Waals surface area contributed by atoms with Crippen molar-refractivity contribution in [3.63, 3.8) is 0 Å². The highest BCUT2D eigenvalue weighted by Crippen LogP contribution is 2.03. The lowest BCUT2D eigenvalue weighted by atomic mass is 10.0. The maximum absolute atomic E-state index is 12.4. The highest BCUT2D eigenvalue weighted by Gasteiger charge is 2.24. The van der Waals surface area contributed by atoms with E-state index in [1.54, 1.807) is 0 Å². The lowest BCUT2D eigenvalue weighted by molar-refractivity contribution is -0.138. The maximum Gasteiger partial charge on any atom is 0.325 e. The third kappa shape index (κ3) is 6.71. The number of nitrogens with one attached hydrogen (secondary N) is 3. The molecule has 4 N–H and O–H groups in total. The van der Waals surface area contributed by atoms with Crippen LogP contribution in [0.15, 0.2) is 36.5 Å². The van der Waals surface area contributed by atoms with Crippen molar-refractivity contribution in [3.8, 4) is 0 Å². The van der Waals surface area contributed by atoms with Gasteiger partial charge in [-0.15, -0.1) is 5.10 Å². The van der Waals surface area contributed by atoms with Crippen LogP contribution in [0.4, 0.5) is 4.79 Å². The number of carbonyl (C=O) groups excluding carboxylic acids is 2. The van der Waals surface area contributed by atoms with E-state index in [1.165, 1.54) is 10.9 Å². The van der Waals surface area contributed by atoms with Crippen LogP contribution in [0, 0.1) is 5.92 Å². The number of amides is 3. The van der Waals surface area contributed by atoms with Crippen molar-refractivity contribution in [3.05, 3.63) is 47.8 Å². The first-order valence-corrected chi connectivity index (χ1v) is 8.82. The van der Waals surface area contributed by atoms with Crippen LogP contribution in [-0.4, -0.2) is 44.0 Å². The Labute approximate surface area is 162 Å². The molecule has 0 aliphatic rings. The molecule has 0 saturated heterocycles. The number of carbonyl (C=O) groups is 3. The summed E-state index contributed by atoms with van der Waals surface area (Å²) in [6.45, 7) is 3.77. The predicted octanol–water partition coefficient (Wildman–Crippen LogP) is 0.503. The van der Waals surface area contributed by atoms with Gasteiger partial charge in [0.05, 0.1) is 12.7 Å². The molecule has 28 heavy (non-hydrogen) atoms. The van der Waals surface area contributed by atoms with Crippen LogP contribution in [0.2, 0.25) is 0 Å². The third-order valence-electron chi connectivity index (χ3n) is 3.86. The molecule has 2 aromatic rings. The summed E-state index contributed by atoms with van der Waals surface area (Å²) < 4.78 is 1.17. The summed E-state index contributed by atoms with van der Waals surface area (Å²) >= 11 is 0. The van der Waals surface area contributed by atoms with Crippen molar-refractivity contribution >= 4 is 17.9 Å². The Kier molecular flexibility index (Phi) is 7.49. The largest absolute Gasteiger partial charge is 0.480 e. The number of urea groups is 1. The maximum atomic E-state index is 12.4. The van der Waals surface area contributed by atoms with Crippen molar-refractivity contribution in [1.29, 1.82) is 0 Å². The number of aromatic nitrogens is 3. The van der Waals surface area contributed by atoms with Crippen LogP contribution < -0.4 is 16.0 Å². The molecule has 150 valence electrons. The topological polar surface area (TPSA) is 138 Å². The van der Waals surface area contributed by atoms with Crippen LogP contribution in [0.25, 0.3) is 0 Å². The molecule has 1 unspecified atom stereocenters. The Hall–Kier alpha value is -3.43. The molecule has 0 radical (unpaired) electrons. The van der Waals surface area contributed by atoms with E-state index in [1.807, 2.05) is 44.2 Å². The van der Waals surface area contributed by atoms with E-state index in [0.29, 0.717) is 12.2 Å². The van der Waals surface area contributed by atoms with Crippen molar-refractivity contribution in [1.82, 2.24) is 30.9 Å². The van der Waals surface area contributed by atoms with Gasteiger partial charge >= 0.3 is 12.0 Å². The van der Waals surface area contributed by atoms with E-state index in [-0.39, 0.29) is 24.9 Å². The highest BCUT2D eigenvalue weighted by molar-refractivity contribution is 5.87. The molecule has 0 aliphatic heterocycles. The molecule has 3 amide bonds. The standard InChI is InChI=1S/C18H24N6O4/c1-12(2)16(21-18(28)20-8-13-6-4-3-5-7-13)17(27)19-9-14-10-24(23-22-14)11-15(25)26/h3-7,10,12,16H,8-9,11H2,1-2H3,(H,19,27)(H,25,26)(H2,20,21,28). The predicted molar refractivity (Wildman–Crippen MR) is 99.9 cm³/mol. The lowest BCUT2D eigenvalue weighted by Crippen LogP contribution is -2.52. The number of rotatable bonds is 9. The van der Waals surface area contributed by atoms with E-state index in [0.717, 1.165) is 5.56 Å². The van der Waals surface area contributed by atoms with Gasteiger partial charge in [0.1, 0.15) is 18.3 Å². The number of aliphatic carboxylic acids is 1. The molecule has 10 heteroatoms. The van der Waals surface area contributed by atoms with Crippen molar-refractivity contribution < 1.29 is 19.5 Å². The molecule has 0 aliphatic carbocycles. The summed E-state index contributed by atoms with van der Waals surface area (Å²) in [6, 6.07) is 8.27. The van der Waals surface area contributed by atoms with Gasteiger partial charge in [-0.25, -0.2) is 9.48 Å². The molecule has 10 nitrogen and oxygen atoms in total. The van der Waals surface area contributed by atoms with Crippen LogP contribution in [-0.2, 0) is 29.2 Å². The van der Waals surface area contributed by atoms with Gasteiger partial charge in [-0.2, -0.15) is 0 Å². The van der Waals surface area contributed by atoms with E-state index in [2.05, 4.69) is 26.3 Å². The van der Waals surface area contributed by atoms with E-state index < -0.39 is 18.0 Å². The van der Waals surface area contributed by atoms with Gasteiger partial charge in [0.25, 0.3) is 0 Å². The first kappa shape index (κ1) is 20.9. The van der Waals surface area contributed by atoms with Crippen LogP contribution >= 0.6 is 0 Å². The fraction of sp³-hybridized carbons (Fsp3) is 0.389. The first-order valence-electron chi connectivity index (χ1n) is 8.82. The van der Waals surface area contributed by atoms with E-state index >= 15 is 0 Å². The minimum Gasteiger partial charge on any atom is -0.480 e. The Morgan fingerprint density at radius 2 is 1.82 bits per heavy atom. The van der Waals surface area contributed by atoms with Crippen LogP contribution in [0.1, 0.15) is 25.1 Å². The Bertz CT molecular complexity index is 805. The average Bonchev–Trinajstić information content (AvgIpc) is 3.09. The minimum atomic E-state index is -1.04. The van der Waals surface area contributed by atoms with E-state index in [4.69, 9.17) is 5.11 Å². The summed E-state index contributed by atoms with van der Waals surface area (Å²) in [4.78, 5) is 35.2. The quantitative estimate of drug-likeness (QED) is 0.494. The van der Waals surface area contributed by atoms with Gasteiger partial charge in [0.15, 0.2) is 0 Å². The molecule has 0 fully saturated rings. The molecule has 1 aromatic heterocycles. The lowest BCUT2D eigenvalue weighted by Gasteiger charge is -2.21. The second-order valence-electron chi connectivity index (χ2n) is 6.55. The highest BCUT2D eigenvalue weighted by atomic mass is 16.4. The zero-order valence-electron chi connectivity index (χ0n) is 15.8. The van der Waals surface area contributed by atoms with Gasteiger partial charge in [0.2, 0.25) is 5.91 Å². The van der Waals surface area contributed by atoms with Crippen molar-refractivity contribution in [2.24, 2.45) is 5.92 Å². The minimum absolute atomic E-state index is 0.0784. The molecule has 0 bridgehead atoms. The average molecular weight is 388 g/mol. The molecule has 0 saturated carbocycles. The second kappa shape index (κ2) is 10.0. The van der Waals surface area contributed by atoms with Crippen molar-refractivity contribution in [2.45, 2.75) is 39.5 Å². The first-order chi connectivity index (χ1) is 13.3. The van der Waals surface area contributed by atoms with Gasteiger partial charge in [-0.1, -0.05) is 49.4 Å². The van der Waals surface area contributed by atoms with E-state index in [9.17, 15) is 14.4 Å². The number of carboxylic acid groups (broad SMARTS) is 1. The summed E-state index contributed by atoms with van der Waals surface area (Å²) in [5, 5.41) is 24.3. The van der Waals surface area contributed by atoms with Gasteiger partial charge < -0.3 is 21.1 Å².